The molecule has 0 unspecified atom stereocenters. The minimum Gasteiger partial charge on any atom is -0.378 e. The average Bonchev–Trinajstić information content (AvgIpc) is 2.24. The Balaban J connectivity index is 2.81. The van der Waals surface area contributed by atoms with E-state index in [4.69, 9.17) is 10.5 Å². The van der Waals surface area contributed by atoms with Gasteiger partial charge in [0.05, 0.1) is 18.8 Å². The molecule has 1 saturated heterocycles. The molecule has 0 saturated carbocycles. The van der Waals surface area contributed by atoms with Crippen molar-refractivity contribution < 1.29 is 13.2 Å². The van der Waals surface area contributed by atoms with Crippen LogP contribution in [0.4, 0.5) is 0 Å². The molecule has 2 N–H and O–H groups in total. The van der Waals surface area contributed by atoms with Crippen LogP contribution >= 0.6 is 0 Å². The quantitative estimate of drug-likeness (QED) is 0.735. The topological polar surface area (TPSA) is 75.9 Å². The van der Waals surface area contributed by atoms with Crippen molar-refractivity contribution in [1.29, 1.82) is 0 Å². The first-order valence-electron chi connectivity index (χ1n) is 5.84. The van der Waals surface area contributed by atoms with Crippen LogP contribution < -0.4 is 5.73 Å². The number of nitrogens with two attached hydrogens (primary N) is 1. The van der Waals surface area contributed by atoms with Crippen LogP contribution in [0.15, 0.2) is 0 Å². The molecule has 0 atom stereocenters. The lowest BCUT2D eigenvalue weighted by Crippen LogP contribution is -2.58. The summed E-state index contributed by atoms with van der Waals surface area (Å²) in [6.07, 6.45) is 0.667. The maximum absolute atomic E-state index is 12.4. The Morgan fingerprint density at radius 2 is 2.12 bits per heavy atom. The summed E-state index contributed by atoms with van der Waals surface area (Å²) in [5.41, 5.74) is 4.90. The standard InChI is InChI=1S/C10H23N3O3S/c1-10(2)9-16-8-7-13(10)17(14,15)12(3)6-4-5-11/h4-9,11H2,1-3H3. The smallest absolute Gasteiger partial charge is 0.282 e. The van der Waals surface area contributed by atoms with Crippen molar-refractivity contribution in [2.24, 2.45) is 5.73 Å². The Hall–Kier alpha value is -0.210. The summed E-state index contributed by atoms with van der Waals surface area (Å²) < 4.78 is 32.9. The molecule has 102 valence electrons. The van der Waals surface area contributed by atoms with Gasteiger partial charge in [0.25, 0.3) is 10.2 Å². The average molecular weight is 265 g/mol. The van der Waals surface area contributed by atoms with Crippen LogP contribution in [0.5, 0.6) is 0 Å². The predicted octanol–water partition coefficient (Wildman–Crippen LogP) is -0.377. The molecule has 0 aliphatic carbocycles. The van der Waals surface area contributed by atoms with E-state index in [1.165, 1.54) is 8.61 Å². The zero-order valence-electron chi connectivity index (χ0n) is 10.8. The molecule has 0 radical (unpaired) electrons. The number of rotatable bonds is 5. The lowest BCUT2D eigenvalue weighted by Gasteiger charge is -2.42. The molecule has 6 nitrogen and oxygen atoms in total. The molecular weight excluding hydrogens is 242 g/mol. The van der Waals surface area contributed by atoms with E-state index in [1.54, 1.807) is 7.05 Å². The third-order valence-corrected chi connectivity index (χ3v) is 5.12. The van der Waals surface area contributed by atoms with E-state index in [0.717, 1.165) is 0 Å². The first-order valence-corrected chi connectivity index (χ1v) is 7.24. The van der Waals surface area contributed by atoms with Gasteiger partial charge < -0.3 is 10.5 Å². The number of hydrogen-bond acceptors (Lipinski definition) is 4. The maximum atomic E-state index is 12.4. The van der Waals surface area contributed by atoms with Crippen LogP contribution in [0, 0.1) is 0 Å². The number of ether oxygens (including phenoxy) is 1. The summed E-state index contributed by atoms with van der Waals surface area (Å²) >= 11 is 0. The highest BCUT2D eigenvalue weighted by Crippen LogP contribution is 2.24. The SMILES string of the molecule is CN(CCCN)S(=O)(=O)N1CCOCC1(C)C. The molecule has 1 aliphatic rings. The second-order valence-corrected chi connectivity index (χ2v) is 6.87. The summed E-state index contributed by atoms with van der Waals surface area (Å²) in [5.74, 6) is 0. The molecule has 17 heavy (non-hydrogen) atoms. The highest BCUT2D eigenvalue weighted by molar-refractivity contribution is 7.86. The van der Waals surface area contributed by atoms with Gasteiger partial charge in [0.1, 0.15) is 0 Å². The van der Waals surface area contributed by atoms with E-state index < -0.39 is 15.7 Å². The zero-order valence-corrected chi connectivity index (χ0v) is 11.7. The van der Waals surface area contributed by atoms with Crippen molar-refractivity contribution in [3.05, 3.63) is 0 Å². The Morgan fingerprint density at radius 3 is 2.65 bits per heavy atom. The Bertz CT molecular complexity index is 343. The van der Waals surface area contributed by atoms with Crippen LogP contribution in [-0.4, -0.2) is 62.5 Å². The number of nitrogens with zero attached hydrogens (tertiary/aromatic N) is 2. The van der Waals surface area contributed by atoms with Gasteiger partial charge in [0, 0.05) is 20.1 Å². The van der Waals surface area contributed by atoms with Crippen molar-refractivity contribution in [2.75, 3.05) is 39.9 Å². The summed E-state index contributed by atoms with van der Waals surface area (Å²) in [6, 6.07) is 0. The second kappa shape index (κ2) is 5.62. The van der Waals surface area contributed by atoms with Gasteiger partial charge in [-0.2, -0.15) is 17.0 Å². The fraction of sp³-hybridized carbons (Fsp3) is 1.00. The third-order valence-electron chi connectivity index (χ3n) is 2.92. The monoisotopic (exact) mass is 265 g/mol. The molecular formula is C10H23N3O3S. The predicted molar refractivity (Wildman–Crippen MR) is 66.8 cm³/mol. The summed E-state index contributed by atoms with van der Waals surface area (Å²) in [6.45, 7) is 5.98. The van der Waals surface area contributed by atoms with E-state index in [-0.39, 0.29) is 0 Å². The second-order valence-electron chi connectivity index (χ2n) is 4.91. The van der Waals surface area contributed by atoms with E-state index >= 15 is 0 Å². The van der Waals surface area contributed by atoms with E-state index in [1.807, 2.05) is 13.8 Å². The van der Waals surface area contributed by atoms with Gasteiger partial charge in [0.2, 0.25) is 0 Å². The Labute approximate surface area is 104 Å². The molecule has 0 bridgehead atoms. The fourth-order valence-corrected chi connectivity index (χ4v) is 3.55. The largest absolute Gasteiger partial charge is 0.378 e. The highest BCUT2D eigenvalue weighted by Gasteiger charge is 2.40. The molecule has 1 aliphatic heterocycles. The van der Waals surface area contributed by atoms with Gasteiger partial charge in [-0.05, 0) is 26.8 Å². The molecule has 1 rings (SSSR count). The fourth-order valence-electron chi connectivity index (χ4n) is 1.87. The lowest BCUT2D eigenvalue weighted by molar-refractivity contribution is -0.0102. The van der Waals surface area contributed by atoms with Gasteiger partial charge in [-0.15, -0.1) is 0 Å². The van der Waals surface area contributed by atoms with Crippen molar-refractivity contribution in [2.45, 2.75) is 25.8 Å². The normalized spacial score (nSPS) is 21.9. The minimum atomic E-state index is -3.41. The zero-order chi connectivity index (χ0) is 13.1. The van der Waals surface area contributed by atoms with E-state index in [2.05, 4.69) is 0 Å². The molecule has 0 spiro atoms. The first kappa shape index (κ1) is 14.8. The van der Waals surface area contributed by atoms with Crippen molar-refractivity contribution in [3.63, 3.8) is 0 Å². The number of hydrogen-bond donors (Lipinski definition) is 1. The minimum absolute atomic E-state index is 0.405. The van der Waals surface area contributed by atoms with Gasteiger partial charge in [0.15, 0.2) is 0 Å². The van der Waals surface area contributed by atoms with Crippen molar-refractivity contribution in [1.82, 2.24) is 8.61 Å². The van der Waals surface area contributed by atoms with Crippen LogP contribution in [0.1, 0.15) is 20.3 Å². The highest BCUT2D eigenvalue weighted by atomic mass is 32.2. The maximum Gasteiger partial charge on any atom is 0.282 e. The van der Waals surface area contributed by atoms with E-state index in [9.17, 15) is 8.42 Å². The van der Waals surface area contributed by atoms with Crippen molar-refractivity contribution in [3.8, 4) is 0 Å². The molecule has 1 fully saturated rings. The van der Waals surface area contributed by atoms with Crippen LogP contribution in [-0.2, 0) is 14.9 Å². The number of morpholine rings is 1. The third kappa shape index (κ3) is 3.38. The lowest BCUT2D eigenvalue weighted by atomic mass is 10.1. The summed E-state index contributed by atoms with van der Waals surface area (Å²) in [4.78, 5) is 0. The molecule has 0 amide bonds. The van der Waals surface area contributed by atoms with Gasteiger partial charge >= 0.3 is 0 Å². The Kier molecular flexibility index (Phi) is 4.91. The molecule has 0 aromatic rings. The Morgan fingerprint density at radius 1 is 1.47 bits per heavy atom. The molecule has 1 heterocycles. The summed E-state index contributed by atoms with van der Waals surface area (Å²) in [7, 11) is -1.82. The summed E-state index contributed by atoms with van der Waals surface area (Å²) in [5, 5.41) is 0. The van der Waals surface area contributed by atoms with E-state index in [0.29, 0.717) is 39.3 Å². The van der Waals surface area contributed by atoms with Gasteiger partial charge in [-0.1, -0.05) is 0 Å². The van der Waals surface area contributed by atoms with Crippen LogP contribution in [0.2, 0.25) is 0 Å². The van der Waals surface area contributed by atoms with Crippen LogP contribution in [0.3, 0.4) is 0 Å². The molecule has 0 aromatic carbocycles. The van der Waals surface area contributed by atoms with Gasteiger partial charge in [-0.3, -0.25) is 0 Å². The van der Waals surface area contributed by atoms with Crippen LogP contribution in [0.25, 0.3) is 0 Å². The van der Waals surface area contributed by atoms with Crippen molar-refractivity contribution >= 4 is 10.2 Å². The molecule has 7 heteroatoms. The van der Waals surface area contributed by atoms with Gasteiger partial charge in [-0.25, -0.2) is 0 Å². The molecule has 0 aromatic heterocycles. The first-order chi connectivity index (χ1) is 7.82.